The Labute approximate surface area is 156 Å². The number of benzene rings is 2. The lowest BCUT2D eigenvalue weighted by molar-refractivity contribution is 0.237. The largest absolute Gasteiger partial charge is 0.334 e. The predicted octanol–water partition coefficient (Wildman–Crippen LogP) is 5.00. The topological polar surface area (TPSA) is 42.2 Å². The lowest BCUT2D eigenvalue weighted by Crippen LogP contribution is -2.23. The fourth-order valence-corrected chi connectivity index (χ4v) is 3.50. The van der Waals surface area contributed by atoms with Gasteiger partial charge in [-0.05, 0) is 22.6 Å². The Kier molecular flexibility index (Phi) is 5.19. The van der Waals surface area contributed by atoms with Crippen LogP contribution in [0.25, 0.3) is 11.5 Å². The molecular weight excluding hydrogens is 342 g/mol. The third-order valence-electron chi connectivity index (χ3n) is 4.10. The van der Waals surface area contributed by atoms with Crippen LogP contribution in [0, 0.1) is 0 Å². The number of thiophene rings is 1. The number of rotatable bonds is 7. The summed E-state index contributed by atoms with van der Waals surface area (Å²) in [6.07, 6.45) is 0. The minimum Gasteiger partial charge on any atom is -0.334 e. The quantitative estimate of drug-likeness (QED) is 0.464. The van der Waals surface area contributed by atoms with E-state index in [1.165, 1.54) is 11.1 Å². The second-order valence-corrected chi connectivity index (χ2v) is 6.92. The fraction of sp³-hybridized carbons (Fsp3) is 0.143. The number of hydrogen-bond acceptors (Lipinski definition) is 5. The van der Waals surface area contributed by atoms with E-state index in [2.05, 4.69) is 63.6 Å². The highest BCUT2D eigenvalue weighted by Crippen LogP contribution is 2.21. The molecule has 0 amide bonds. The minimum absolute atomic E-state index is 0.584. The zero-order valence-corrected chi connectivity index (χ0v) is 15.1. The van der Waals surface area contributed by atoms with Crippen molar-refractivity contribution in [2.45, 2.75) is 19.6 Å². The van der Waals surface area contributed by atoms with Crippen LogP contribution in [-0.2, 0) is 19.6 Å². The zero-order valence-electron chi connectivity index (χ0n) is 14.3. The van der Waals surface area contributed by atoms with Gasteiger partial charge in [0.05, 0.1) is 12.1 Å². The summed E-state index contributed by atoms with van der Waals surface area (Å²) < 4.78 is 5.43. The molecule has 0 N–H and O–H groups in total. The van der Waals surface area contributed by atoms with E-state index in [4.69, 9.17) is 4.52 Å². The maximum atomic E-state index is 5.43. The van der Waals surface area contributed by atoms with Crippen molar-refractivity contribution in [3.8, 4) is 11.5 Å². The molecule has 0 aliphatic carbocycles. The summed E-state index contributed by atoms with van der Waals surface area (Å²) in [4.78, 5) is 6.89. The maximum Gasteiger partial charge on any atom is 0.258 e. The Hall–Kier alpha value is -2.76. The summed E-state index contributed by atoms with van der Waals surface area (Å²) in [7, 11) is 0. The zero-order chi connectivity index (χ0) is 17.6. The van der Waals surface area contributed by atoms with Crippen LogP contribution in [-0.4, -0.2) is 15.0 Å². The van der Waals surface area contributed by atoms with Gasteiger partial charge in [-0.15, -0.1) is 0 Å². The van der Waals surface area contributed by atoms with Crippen molar-refractivity contribution in [2.75, 3.05) is 0 Å². The second kappa shape index (κ2) is 8.08. The molecule has 0 saturated carbocycles. The first-order valence-electron chi connectivity index (χ1n) is 8.52. The number of hydrogen-bond donors (Lipinski definition) is 0. The van der Waals surface area contributed by atoms with E-state index in [0.717, 1.165) is 18.7 Å². The van der Waals surface area contributed by atoms with Crippen LogP contribution in [0.4, 0.5) is 0 Å². The maximum absolute atomic E-state index is 5.43. The molecule has 0 atom stereocenters. The molecule has 0 fully saturated rings. The molecule has 0 saturated heterocycles. The van der Waals surface area contributed by atoms with Gasteiger partial charge < -0.3 is 4.52 Å². The lowest BCUT2D eigenvalue weighted by Gasteiger charge is -2.21. The van der Waals surface area contributed by atoms with Crippen molar-refractivity contribution in [1.29, 1.82) is 0 Å². The van der Waals surface area contributed by atoms with Crippen LogP contribution in [0.1, 0.15) is 17.0 Å². The summed E-state index contributed by atoms with van der Waals surface area (Å²) in [5.74, 6) is 1.29. The SMILES string of the molecule is c1ccc(CN(Cc2ccccc2)Cc2noc(-c3ccsc3)n2)cc1. The van der Waals surface area contributed by atoms with E-state index in [-0.39, 0.29) is 0 Å². The van der Waals surface area contributed by atoms with E-state index < -0.39 is 0 Å². The van der Waals surface area contributed by atoms with Gasteiger partial charge in [0.2, 0.25) is 0 Å². The van der Waals surface area contributed by atoms with Crippen LogP contribution < -0.4 is 0 Å². The van der Waals surface area contributed by atoms with Gasteiger partial charge in [-0.1, -0.05) is 65.8 Å². The molecule has 2 aromatic heterocycles. The molecular formula is C21H19N3OS. The number of aromatic nitrogens is 2. The summed E-state index contributed by atoms with van der Waals surface area (Å²) in [6.45, 7) is 2.30. The minimum atomic E-state index is 0.584. The summed E-state index contributed by atoms with van der Waals surface area (Å²) in [5, 5.41) is 8.20. The average Bonchev–Trinajstić information content (AvgIpc) is 3.35. The highest BCUT2D eigenvalue weighted by atomic mass is 32.1. The van der Waals surface area contributed by atoms with E-state index in [1.54, 1.807) is 11.3 Å². The first-order valence-corrected chi connectivity index (χ1v) is 9.46. The monoisotopic (exact) mass is 361 g/mol. The highest BCUT2D eigenvalue weighted by molar-refractivity contribution is 7.08. The van der Waals surface area contributed by atoms with Gasteiger partial charge in [0, 0.05) is 18.5 Å². The Balaban J connectivity index is 1.52. The summed E-state index contributed by atoms with van der Waals surface area (Å²) in [6, 6.07) is 22.9. The van der Waals surface area contributed by atoms with Crippen LogP contribution in [0.3, 0.4) is 0 Å². The van der Waals surface area contributed by atoms with Gasteiger partial charge >= 0.3 is 0 Å². The third-order valence-corrected chi connectivity index (χ3v) is 4.78. The van der Waals surface area contributed by atoms with Gasteiger partial charge in [-0.2, -0.15) is 16.3 Å². The van der Waals surface area contributed by atoms with Gasteiger partial charge in [-0.3, -0.25) is 4.90 Å². The summed E-state index contributed by atoms with van der Waals surface area (Å²) in [5.41, 5.74) is 3.52. The van der Waals surface area contributed by atoms with E-state index in [0.29, 0.717) is 18.3 Å². The molecule has 4 aromatic rings. The molecule has 5 heteroatoms. The molecule has 4 rings (SSSR count). The molecule has 130 valence electrons. The lowest BCUT2D eigenvalue weighted by atomic mass is 10.1. The van der Waals surface area contributed by atoms with E-state index in [9.17, 15) is 0 Å². The van der Waals surface area contributed by atoms with E-state index in [1.807, 2.05) is 29.0 Å². The normalized spacial score (nSPS) is 11.1. The van der Waals surface area contributed by atoms with Gasteiger partial charge in [0.25, 0.3) is 5.89 Å². The van der Waals surface area contributed by atoms with Crippen LogP contribution in [0.2, 0.25) is 0 Å². The Bertz CT molecular complexity index is 879. The molecule has 26 heavy (non-hydrogen) atoms. The number of nitrogens with zero attached hydrogens (tertiary/aromatic N) is 3. The van der Waals surface area contributed by atoms with Crippen molar-refractivity contribution in [3.05, 3.63) is 94.4 Å². The van der Waals surface area contributed by atoms with Crippen molar-refractivity contribution >= 4 is 11.3 Å². The van der Waals surface area contributed by atoms with Crippen LogP contribution >= 0.6 is 11.3 Å². The van der Waals surface area contributed by atoms with Gasteiger partial charge in [-0.25, -0.2) is 0 Å². The molecule has 4 nitrogen and oxygen atoms in total. The molecule has 2 heterocycles. The highest BCUT2D eigenvalue weighted by Gasteiger charge is 2.14. The molecule has 0 unspecified atom stereocenters. The molecule has 0 bridgehead atoms. The Morgan fingerprint density at radius 2 is 1.46 bits per heavy atom. The predicted molar refractivity (Wildman–Crippen MR) is 103 cm³/mol. The van der Waals surface area contributed by atoms with Gasteiger partial charge in [0.15, 0.2) is 5.82 Å². The molecule has 0 radical (unpaired) electrons. The van der Waals surface area contributed by atoms with Crippen LogP contribution in [0.5, 0.6) is 0 Å². The molecule has 2 aromatic carbocycles. The van der Waals surface area contributed by atoms with E-state index >= 15 is 0 Å². The van der Waals surface area contributed by atoms with Crippen molar-refractivity contribution in [3.63, 3.8) is 0 Å². The average molecular weight is 361 g/mol. The second-order valence-electron chi connectivity index (χ2n) is 6.14. The van der Waals surface area contributed by atoms with Crippen molar-refractivity contribution in [2.24, 2.45) is 0 Å². The first-order chi connectivity index (χ1) is 12.9. The molecule has 0 aliphatic heterocycles. The van der Waals surface area contributed by atoms with Gasteiger partial charge in [0.1, 0.15) is 0 Å². The van der Waals surface area contributed by atoms with Crippen molar-refractivity contribution in [1.82, 2.24) is 15.0 Å². The fourth-order valence-electron chi connectivity index (χ4n) is 2.87. The van der Waals surface area contributed by atoms with Crippen LogP contribution in [0.15, 0.2) is 82.0 Å². The molecule has 0 spiro atoms. The smallest absolute Gasteiger partial charge is 0.258 e. The van der Waals surface area contributed by atoms with Crippen molar-refractivity contribution < 1.29 is 4.52 Å². The third kappa shape index (κ3) is 4.25. The first kappa shape index (κ1) is 16.7. The standard InChI is InChI=1S/C21H19N3OS/c1-3-7-17(8-4-1)13-24(14-18-9-5-2-6-10-18)15-20-22-21(25-23-20)19-11-12-26-16-19/h1-12,16H,13-15H2. The Morgan fingerprint density at radius 3 is 2.04 bits per heavy atom. The Morgan fingerprint density at radius 1 is 0.808 bits per heavy atom. The summed E-state index contributed by atoms with van der Waals surface area (Å²) >= 11 is 1.62. The molecule has 0 aliphatic rings.